The first-order chi connectivity index (χ1) is 18.3. The van der Waals surface area contributed by atoms with Gasteiger partial charge in [-0.3, -0.25) is 19.7 Å². The standard InChI is InChI=1S/C29H23ClN4O3S/c1-17(2)18-10-14-22(15-11-18)34-27(36)24(30)25(28(34)37)31-21-12-8-20(9-13-21)26(35)33-29-32-23(16-38-29)19-6-4-3-5-7-19/h3-17,31H,1-2H3,(H,32,33,35). The Morgan fingerprint density at radius 3 is 2.26 bits per heavy atom. The number of nitrogens with one attached hydrogen (secondary N) is 2. The van der Waals surface area contributed by atoms with Crippen LogP contribution in [0.3, 0.4) is 0 Å². The number of thiazole rings is 1. The molecule has 38 heavy (non-hydrogen) atoms. The third-order valence-corrected chi connectivity index (χ3v) is 7.16. The molecule has 0 aliphatic carbocycles. The molecule has 5 rings (SSSR count). The third-order valence-electron chi connectivity index (χ3n) is 6.06. The summed E-state index contributed by atoms with van der Waals surface area (Å²) in [6, 6.07) is 23.5. The maximum Gasteiger partial charge on any atom is 0.283 e. The lowest BCUT2D eigenvalue weighted by molar-refractivity contribution is -0.120. The Bertz CT molecular complexity index is 1540. The van der Waals surface area contributed by atoms with Gasteiger partial charge in [0.25, 0.3) is 17.7 Å². The minimum Gasteiger partial charge on any atom is -0.350 e. The molecule has 0 spiro atoms. The van der Waals surface area contributed by atoms with Gasteiger partial charge in [-0.1, -0.05) is 67.9 Å². The van der Waals surface area contributed by atoms with Crippen LogP contribution in [-0.4, -0.2) is 22.7 Å². The highest BCUT2D eigenvalue weighted by atomic mass is 35.5. The van der Waals surface area contributed by atoms with Crippen LogP contribution in [0.25, 0.3) is 11.3 Å². The number of imide groups is 1. The zero-order valence-electron chi connectivity index (χ0n) is 20.6. The molecule has 1 aliphatic heterocycles. The van der Waals surface area contributed by atoms with E-state index in [1.807, 2.05) is 47.8 Å². The molecule has 4 aromatic rings. The van der Waals surface area contributed by atoms with Crippen LogP contribution in [0.15, 0.2) is 95.0 Å². The summed E-state index contributed by atoms with van der Waals surface area (Å²) < 4.78 is 0. The fourth-order valence-electron chi connectivity index (χ4n) is 3.95. The summed E-state index contributed by atoms with van der Waals surface area (Å²) >= 11 is 7.60. The maximum absolute atomic E-state index is 13.1. The van der Waals surface area contributed by atoms with E-state index in [0.717, 1.165) is 21.7 Å². The number of benzene rings is 3. The molecule has 0 bridgehead atoms. The van der Waals surface area contributed by atoms with E-state index in [9.17, 15) is 14.4 Å². The molecule has 0 saturated carbocycles. The van der Waals surface area contributed by atoms with Crippen molar-refractivity contribution in [3.63, 3.8) is 0 Å². The molecule has 0 fully saturated rings. The summed E-state index contributed by atoms with van der Waals surface area (Å²) in [5.41, 5.74) is 4.21. The Morgan fingerprint density at radius 1 is 0.921 bits per heavy atom. The normalized spacial score (nSPS) is 13.4. The second-order valence-corrected chi connectivity index (χ2v) is 10.2. The Morgan fingerprint density at radius 2 is 1.61 bits per heavy atom. The van der Waals surface area contributed by atoms with Gasteiger partial charge in [-0.05, 0) is 47.9 Å². The van der Waals surface area contributed by atoms with Crippen molar-refractivity contribution in [3.05, 3.63) is 106 Å². The number of aromatic nitrogens is 1. The molecule has 0 unspecified atom stereocenters. The summed E-state index contributed by atoms with van der Waals surface area (Å²) in [7, 11) is 0. The molecule has 1 aromatic heterocycles. The van der Waals surface area contributed by atoms with Crippen molar-refractivity contribution in [1.29, 1.82) is 0 Å². The number of anilines is 3. The molecule has 7 nitrogen and oxygen atoms in total. The number of nitrogens with zero attached hydrogens (tertiary/aromatic N) is 2. The number of hydrogen-bond donors (Lipinski definition) is 2. The SMILES string of the molecule is CC(C)c1ccc(N2C(=O)C(Cl)=C(Nc3ccc(C(=O)Nc4nc(-c5ccccc5)cs4)cc3)C2=O)cc1. The number of carbonyl (C=O) groups excluding carboxylic acids is 3. The molecule has 190 valence electrons. The summed E-state index contributed by atoms with van der Waals surface area (Å²) in [6.07, 6.45) is 0. The second-order valence-electron chi connectivity index (χ2n) is 8.94. The van der Waals surface area contributed by atoms with Crippen LogP contribution in [0.5, 0.6) is 0 Å². The van der Waals surface area contributed by atoms with Crippen molar-refractivity contribution in [2.24, 2.45) is 0 Å². The highest BCUT2D eigenvalue weighted by Gasteiger charge is 2.39. The topological polar surface area (TPSA) is 91.4 Å². The van der Waals surface area contributed by atoms with Crippen LogP contribution < -0.4 is 15.5 Å². The molecule has 0 radical (unpaired) electrons. The first kappa shape index (κ1) is 25.4. The lowest BCUT2D eigenvalue weighted by Crippen LogP contribution is -2.32. The summed E-state index contributed by atoms with van der Waals surface area (Å²) in [4.78, 5) is 44.1. The minimum absolute atomic E-state index is 0.0157. The first-order valence-corrected chi connectivity index (χ1v) is 13.2. The van der Waals surface area contributed by atoms with Crippen LogP contribution in [0.1, 0.15) is 35.7 Å². The van der Waals surface area contributed by atoms with Crippen LogP contribution >= 0.6 is 22.9 Å². The van der Waals surface area contributed by atoms with Crippen molar-refractivity contribution >= 4 is 57.2 Å². The lowest BCUT2D eigenvalue weighted by Gasteiger charge is -2.16. The zero-order valence-corrected chi connectivity index (χ0v) is 22.1. The molecule has 9 heteroatoms. The molecule has 1 aliphatic rings. The van der Waals surface area contributed by atoms with Gasteiger partial charge in [0, 0.05) is 22.2 Å². The summed E-state index contributed by atoms with van der Waals surface area (Å²) in [5, 5.41) is 7.92. The average Bonchev–Trinajstić information content (AvgIpc) is 3.48. The van der Waals surface area contributed by atoms with Gasteiger partial charge in [0.05, 0.1) is 11.4 Å². The molecule has 0 atom stereocenters. The largest absolute Gasteiger partial charge is 0.350 e. The van der Waals surface area contributed by atoms with E-state index >= 15 is 0 Å². The Labute approximate surface area is 228 Å². The Balaban J connectivity index is 1.25. The van der Waals surface area contributed by atoms with Crippen molar-refractivity contribution < 1.29 is 14.4 Å². The van der Waals surface area contributed by atoms with E-state index in [2.05, 4.69) is 29.5 Å². The smallest absolute Gasteiger partial charge is 0.283 e. The molecule has 3 aromatic carbocycles. The van der Waals surface area contributed by atoms with Gasteiger partial charge in [-0.25, -0.2) is 9.88 Å². The van der Waals surface area contributed by atoms with Crippen molar-refractivity contribution in [2.75, 3.05) is 15.5 Å². The van der Waals surface area contributed by atoms with Gasteiger partial charge in [-0.15, -0.1) is 11.3 Å². The van der Waals surface area contributed by atoms with E-state index in [-0.39, 0.29) is 16.6 Å². The number of hydrogen-bond acceptors (Lipinski definition) is 6. The van der Waals surface area contributed by atoms with Crippen LogP contribution in [0, 0.1) is 0 Å². The molecule has 2 heterocycles. The zero-order chi connectivity index (χ0) is 26.8. The second kappa shape index (κ2) is 10.6. The minimum atomic E-state index is -0.592. The highest BCUT2D eigenvalue weighted by Crippen LogP contribution is 2.31. The van der Waals surface area contributed by atoms with Crippen LogP contribution in [0.2, 0.25) is 0 Å². The van der Waals surface area contributed by atoms with Gasteiger partial charge in [0.15, 0.2) is 5.13 Å². The maximum atomic E-state index is 13.1. The molecule has 3 amide bonds. The van der Waals surface area contributed by atoms with E-state index in [1.54, 1.807) is 36.4 Å². The molecule has 2 N–H and O–H groups in total. The number of rotatable bonds is 7. The fraction of sp³-hybridized carbons (Fsp3) is 0.103. The Hall–Kier alpha value is -4.27. The van der Waals surface area contributed by atoms with E-state index in [1.165, 1.54) is 11.3 Å². The van der Waals surface area contributed by atoms with Gasteiger partial charge in [0.1, 0.15) is 10.7 Å². The van der Waals surface area contributed by atoms with Gasteiger partial charge < -0.3 is 5.32 Å². The van der Waals surface area contributed by atoms with E-state index < -0.39 is 11.8 Å². The van der Waals surface area contributed by atoms with Crippen molar-refractivity contribution in [3.8, 4) is 11.3 Å². The Kier molecular flexibility index (Phi) is 7.09. The first-order valence-electron chi connectivity index (χ1n) is 11.9. The fourth-order valence-corrected chi connectivity index (χ4v) is 4.87. The average molecular weight is 543 g/mol. The molecular weight excluding hydrogens is 520 g/mol. The predicted molar refractivity (Wildman–Crippen MR) is 151 cm³/mol. The quantitative estimate of drug-likeness (QED) is 0.256. The van der Waals surface area contributed by atoms with Crippen molar-refractivity contribution in [2.45, 2.75) is 19.8 Å². The summed E-state index contributed by atoms with van der Waals surface area (Å²) in [6.45, 7) is 4.13. The molecule has 0 saturated heterocycles. The van der Waals surface area contributed by atoms with Crippen LogP contribution in [-0.2, 0) is 9.59 Å². The number of halogens is 1. The van der Waals surface area contributed by atoms with Crippen molar-refractivity contribution in [1.82, 2.24) is 4.98 Å². The number of carbonyl (C=O) groups is 3. The lowest BCUT2D eigenvalue weighted by atomic mass is 10.0. The highest BCUT2D eigenvalue weighted by molar-refractivity contribution is 7.14. The monoisotopic (exact) mass is 542 g/mol. The third kappa shape index (κ3) is 5.09. The van der Waals surface area contributed by atoms with Crippen LogP contribution in [0.4, 0.5) is 16.5 Å². The van der Waals surface area contributed by atoms with Gasteiger partial charge >= 0.3 is 0 Å². The van der Waals surface area contributed by atoms with Gasteiger partial charge in [-0.2, -0.15) is 0 Å². The van der Waals surface area contributed by atoms with E-state index in [4.69, 9.17) is 11.6 Å². The number of amides is 3. The summed E-state index contributed by atoms with van der Waals surface area (Å²) in [5.74, 6) is -1.12. The predicted octanol–water partition coefficient (Wildman–Crippen LogP) is 6.62. The van der Waals surface area contributed by atoms with Gasteiger partial charge in [0.2, 0.25) is 0 Å². The molecular formula is C29H23ClN4O3S. The van der Waals surface area contributed by atoms with E-state index in [0.29, 0.717) is 28.0 Å².